The van der Waals surface area contributed by atoms with Crippen LogP contribution in [0.5, 0.6) is 5.75 Å². The highest BCUT2D eigenvalue weighted by Crippen LogP contribution is 2.27. The Bertz CT molecular complexity index is 661. The molecular formula is C15H11FOS. The van der Waals surface area contributed by atoms with Crippen molar-refractivity contribution >= 4 is 21.4 Å². The molecule has 3 heteroatoms. The molecule has 1 aromatic heterocycles. The SMILES string of the molecule is Fc1ccc2scc(COc3ccccc3)c2c1. The minimum Gasteiger partial charge on any atom is -0.489 e. The summed E-state index contributed by atoms with van der Waals surface area (Å²) in [6.45, 7) is 0.466. The highest BCUT2D eigenvalue weighted by Gasteiger charge is 2.05. The van der Waals surface area contributed by atoms with Crippen LogP contribution in [0.25, 0.3) is 10.1 Å². The molecule has 0 spiro atoms. The molecule has 90 valence electrons. The molecule has 0 aliphatic carbocycles. The zero-order valence-electron chi connectivity index (χ0n) is 9.60. The molecular weight excluding hydrogens is 247 g/mol. The smallest absolute Gasteiger partial charge is 0.123 e. The number of benzene rings is 2. The molecule has 1 heterocycles. The van der Waals surface area contributed by atoms with E-state index in [9.17, 15) is 4.39 Å². The summed E-state index contributed by atoms with van der Waals surface area (Å²) in [5.74, 6) is 0.620. The molecule has 3 aromatic rings. The molecule has 0 fully saturated rings. The van der Waals surface area contributed by atoms with Crippen molar-refractivity contribution in [1.82, 2.24) is 0 Å². The molecule has 0 radical (unpaired) electrons. The number of ether oxygens (including phenoxy) is 1. The van der Waals surface area contributed by atoms with E-state index in [1.807, 2.05) is 35.7 Å². The van der Waals surface area contributed by atoms with Crippen molar-refractivity contribution in [3.63, 3.8) is 0 Å². The molecule has 0 atom stereocenters. The second-order valence-corrected chi connectivity index (χ2v) is 4.91. The number of fused-ring (bicyclic) bond motifs is 1. The lowest BCUT2D eigenvalue weighted by atomic mass is 10.2. The van der Waals surface area contributed by atoms with Gasteiger partial charge in [-0.3, -0.25) is 0 Å². The largest absolute Gasteiger partial charge is 0.489 e. The summed E-state index contributed by atoms with van der Waals surface area (Å²) in [7, 11) is 0. The summed E-state index contributed by atoms with van der Waals surface area (Å²) in [5.41, 5.74) is 1.03. The summed E-state index contributed by atoms with van der Waals surface area (Å²) >= 11 is 1.61. The predicted molar refractivity (Wildman–Crippen MR) is 72.6 cm³/mol. The number of hydrogen-bond acceptors (Lipinski definition) is 2. The molecule has 3 rings (SSSR count). The molecule has 0 aliphatic heterocycles. The second-order valence-electron chi connectivity index (χ2n) is 4.00. The molecule has 0 aliphatic rings. The lowest BCUT2D eigenvalue weighted by molar-refractivity contribution is 0.308. The van der Waals surface area contributed by atoms with Gasteiger partial charge in [-0.1, -0.05) is 18.2 Å². The van der Waals surface area contributed by atoms with Gasteiger partial charge < -0.3 is 4.74 Å². The van der Waals surface area contributed by atoms with Crippen LogP contribution in [-0.4, -0.2) is 0 Å². The van der Waals surface area contributed by atoms with Crippen LogP contribution in [0.4, 0.5) is 4.39 Å². The zero-order valence-corrected chi connectivity index (χ0v) is 10.4. The normalized spacial score (nSPS) is 10.7. The molecule has 0 saturated carbocycles. The van der Waals surface area contributed by atoms with Crippen LogP contribution in [0, 0.1) is 5.82 Å². The summed E-state index contributed by atoms with van der Waals surface area (Å²) in [4.78, 5) is 0. The monoisotopic (exact) mass is 258 g/mol. The van der Waals surface area contributed by atoms with E-state index >= 15 is 0 Å². The third kappa shape index (κ3) is 2.22. The summed E-state index contributed by atoms with van der Waals surface area (Å²) in [6, 6.07) is 14.5. The van der Waals surface area contributed by atoms with Crippen molar-refractivity contribution in [2.75, 3.05) is 0 Å². The van der Waals surface area contributed by atoms with Gasteiger partial charge in [0, 0.05) is 15.6 Å². The van der Waals surface area contributed by atoms with Crippen LogP contribution in [0.15, 0.2) is 53.9 Å². The van der Waals surface area contributed by atoms with Crippen molar-refractivity contribution in [2.24, 2.45) is 0 Å². The Kier molecular flexibility index (Phi) is 2.99. The van der Waals surface area contributed by atoms with Crippen LogP contribution in [-0.2, 0) is 6.61 Å². The Morgan fingerprint density at radius 2 is 1.89 bits per heavy atom. The van der Waals surface area contributed by atoms with Gasteiger partial charge in [-0.15, -0.1) is 11.3 Å². The number of halogens is 1. The summed E-state index contributed by atoms with van der Waals surface area (Å²) in [6.07, 6.45) is 0. The van der Waals surface area contributed by atoms with E-state index in [0.29, 0.717) is 6.61 Å². The number of rotatable bonds is 3. The maximum absolute atomic E-state index is 13.2. The van der Waals surface area contributed by atoms with Gasteiger partial charge in [0.15, 0.2) is 0 Å². The van der Waals surface area contributed by atoms with Crippen molar-refractivity contribution < 1.29 is 9.13 Å². The van der Waals surface area contributed by atoms with E-state index in [2.05, 4.69) is 0 Å². The van der Waals surface area contributed by atoms with Gasteiger partial charge in [0.05, 0.1) is 0 Å². The van der Waals surface area contributed by atoms with Gasteiger partial charge in [0.1, 0.15) is 18.2 Å². The number of para-hydroxylation sites is 1. The van der Waals surface area contributed by atoms with Gasteiger partial charge >= 0.3 is 0 Å². The van der Waals surface area contributed by atoms with Crippen LogP contribution >= 0.6 is 11.3 Å². The number of hydrogen-bond donors (Lipinski definition) is 0. The van der Waals surface area contributed by atoms with Gasteiger partial charge in [0.2, 0.25) is 0 Å². The fourth-order valence-corrected chi connectivity index (χ4v) is 2.77. The molecule has 1 nitrogen and oxygen atoms in total. The highest BCUT2D eigenvalue weighted by atomic mass is 32.1. The Morgan fingerprint density at radius 1 is 1.06 bits per heavy atom. The maximum atomic E-state index is 13.2. The molecule has 0 unspecified atom stereocenters. The third-order valence-electron chi connectivity index (χ3n) is 2.75. The average Bonchev–Trinajstić information content (AvgIpc) is 2.80. The van der Waals surface area contributed by atoms with E-state index in [-0.39, 0.29) is 5.82 Å². The Morgan fingerprint density at radius 3 is 2.72 bits per heavy atom. The minimum atomic E-state index is -0.207. The highest BCUT2D eigenvalue weighted by molar-refractivity contribution is 7.17. The Balaban J connectivity index is 1.85. The first-order valence-electron chi connectivity index (χ1n) is 5.66. The first-order chi connectivity index (χ1) is 8.83. The van der Waals surface area contributed by atoms with Crippen LogP contribution in [0.2, 0.25) is 0 Å². The fourth-order valence-electron chi connectivity index (χ4n) is 1.84. The molecule has 18 heavy (non-hydrogen) atoms. The molecule has 0 bridgehead atoms. The first kappa shape index (κ1) is 11.2. The molecule has 0 N–H and O–H groups in total. The van der Waals surface area contributed by atoms with Gasteiger partial charge in [0.25, 0.3) is 0 Å². The number of thiophene rings is 1. The van der Waals surface area contributed by atoms with Gasteiger partial charge in [-0.25, -0.2) is 4.39 Å². The quantitative estimate of drug-likeness (QED) is 0.666. The minimum absolute atomic E-state index is 0.207. The standard InChI is InChI=1S/C15H11FOS/c16-12-6-7-15-14(8-12)11(10-18-15)9-17-13-4-2-1-3-5-13/h1-8,10H,9H2. The van der Waals surface area contributed by atoms with Gasteiger partial charge in [-0.2, -0.15) is 0 Å². The molecule has 0 amide bonds. The molecule has 0 saturated heterocycles. The van der Waals surface area contributed by atoms with Crippen LogP contribution in [0.1, 0.15) is 5.56 Å². The van der Waals surface area contributed by atoms with E-state index < -0.39 is 0 Å². The van der Waals surface area contributed by atoms with E-state index in [1.165, 1.54) is 6.07 Å². The van der Waals surface area contributed by atoms with E-state index in [4.69, 9.17) is 4.74 Å². The lowest BCUT2D eigenvalue weighted by Gasteiger charge is -2.04. The predicted octanol–water partition coefficient (Wildman–Crippen LogP) is 4.62. The zero-order chi connectivity index (χ0) is 12.4. The van der Waals surface area contributed by atoms with Crippen LogP contribution < -0.4 is 4.74 Å². The van der Waals surface area contributed by atoms with Crippen molar-refractivity contribution in [3.8, 4) is 5.75 Å². The summed E-state index contributed by atoms with van der Waals surface area (Å²) in [5, 5.41) is 2.96. The van der Waals surface area contributed by atoms with Crippen molar-refractivity contribution in [2.45, 2.75) is 6.61 Å². The average molecular weight is 258 g/mol. The lowest BCUT2D eigenvalue weighted by Crippen LogP contribution is -1.93. The maximum Gasteiger partial charge on any atom is 0.123 e. The van der Waals surface area contributed by atoms with Crippen LogP contribution in [0.3, 0.4) is 0 Å². The Labute approximate surface area is 108 Å². The van der Waals surface area contributed by atoms with E-state index in [0.717, 1.165) is 21.4 Å². The van der Waals surface area contributed by atoms with Crippen molar-refractivity contribution in [1.29, 1.82) is 0 Å². The Hall–Kier alpha value is -1.87. The van der Waals surface area contributed by atoms with Crippen molar-refractivity contribution in [3.05, 3.63) is 65.3 Å². The first-order valence-corrected chi connectivity index (χ1v) is 6.54. The fraction of sp³-hybridized carbons (Fsp3) is 0.0667. The van der Waals surface area contributed by atoms with Gasteiger partial charge in [-0.05, 0) is 35.7 Å². The topological polar surface area (TPSA) is 9.23 Å². The third-order valence-corrected chi connectivity index (χ3v) is 3.77. The summed E-state index contributed by atoms with van der Waals surface area (Å²) < 4.78 is 20.0. The van der Waals surface area contributed by atoms with E-state index in [1.54, 1.807) is 23.5 Å². The second kappa shape index (κ2) is 4.78. The molecule has 2 aromatic carbocycles.